The van der Waals surface area contributed by atoms with Crippen molar-refractivity contribution >= 4 is 23.4 Å². The SMILES string of the molecule is C=CCOc1c(CC=C)cc(/C=C2\C(=O)N(c3ccccc3)N=C2c2ccccc2)cc1OCC. The summed E-state index contributed by atoms with van der Waals surface area (Å²) in [6.07, 6.45) is 5.97. The number of rotatable bonds is 10. The van der Waals surface area contributed by atoms with E-state index in [1.54, 1.807) is 6.08 Å². The molecule has 0 aromatic heterocycles. The molecule has 1 aliphatic heterocycles. The van der Waals surface area contributed by atoms with Crippen LogP contribution in [0.1, 0.15) is 23.6 Å². The summed E-state index contributed by atoms with van der Waals surface area (Å²) in [6.45, 7) is 10.4. The Morgan fingerprint density at radius 3 is 2.31 bits per heavy atom. The average molecular weight is 465 g/mol. The van der Waals surface area contributed by atoms with Gasteiger partial charge in [0, 0.05) is 11.1 Å². The maximum Gasteiger partial charge on any atom is 0.281 e. The predicted octanol–water partition coefficient (Wildman–Crippen LogP) is 6.21. The summed E-state index contributed by atoms with van der Waals surface area (Å²) in [7, 11) is 0. The topological polar surface area (TPSA) is 51.1 Å². The van der Waals surface area contributed by atoms with Crippen molar-refractivity contribution in [3.8, 4) is 11.5 Å². The van der Waals surface area contributed by atoms with Crippen LogP contribution in [0.25, 0.3) is 6.08 Å². The Balaban J connectivity index is 1.84. The van der Waals surface area contributed by atoms with Gasteiger partial charge in [-0.05, 0) is 49.2 Å². The number of amides is 1. The Morgan fingerprint density at radius 1 is 0.943 bits per heavy atom. The van der Waals surface area contributed by atoms with E-state index in [-0.39, 0.29) is 5.91 Å². The zero-order valence-corrected chi connectivity index (χ0v) is 19.8. The van der Waals surface area contributed by atoms with Crippen molar-refractivity contribution in [1.29, 1.82) is 0 Å². The standard InChI is InChI=1S/C30H28N2O3/c1-4-13-24-19-22(21-27(34-6-3)29(24)35-18-5-2)20-26-28(23-14-9-7-10-15-23)31-32(30(26)33)25-16-11-8-12-17-25/h4-5,7-12,14-17,19-21H,1-2,6,13,18H2,3H3/b26-20-. The molecule has 1 heterocycles. The van der Waals surface area contributed by atoms with Gasteiger partial charge in [-0.1, -0.05) is 67.3 Å². The molecule has 0 radical (unpaired) electrons. The Hall–Kier alpha value is -4.38. The number of nitrogens with zero attached hydrogens (tertiary/aromatic N) is 2. The van der Waals surface area contributed by atoms with Crippen molar-refractivity contribution in [1.82, 2.24) is 0 Å². The molecule has 0 saturated carbocycles. The molecule has 0 aliphatic carbocycles. The van der Waals surface area contributed by atoms with Crippen LogP contribution in [0, 0.1) is 0 Å². The van der Waals surface area contributed by atoms with Crippen LogP contribution in [0.15, 0.2) is 109 Å². The molecule has 0 atom stereocenters. The molecule has 3 aromatic rings. The van der Waals surface area contributed by atoms with E-state index in [9.17, 15) is 4.79 Å². The van der Waals surface area contributed by atoms with Gasteiger partial charge in [0.1, 0.15) is 12.3 Å². The molecule has 5 heteroatoms. The lowest BCUT2D eigenvalue weighted by molar-refractivity contribution is -0.114. The molecule has 0 saturated heterocycles. The van der Waals surface area contributed by atoms with Gasteiger partial charge in [0.25, 0.3) is 5.91 Å². The molecule has 1 amide bonds. The third-order valence-corrected chi connectivity index (χ3v) is 5.40. The highest BCUT2D eigenvalue weighted by Crippen LogP contribution is 2.36. The highest BCUT2D eigenvalue weighted by Gasteiger charge is 2.32. The first-order valence-corrected chi connectivity index (χ1v) is 11.6. The number of hydrogen-bond acceptors (Lipinski definition) is 4. The second-order valence-corrected chi connectivity index (χ2v) is 7.86. The Kier molecular flexibility index (Phi) is 7.58. The summed E-state index contributed by atoms with van der Waals surface area (Å²) in [4.78, 5) is 13.6. The summed E-state index contributed by atoms with van der Waals surface area (Å²) in [5.41, 5.74) is 4.44. The average Bonchev–Trinajstić information content (AvgIpc) is 3.21. The number of benzene rings is 3. The Morgan fingerprint density at radius 2 is 1.66 bits per heavy atom. The van der Waals surface area contributed by atoms with Gasteiger partial charge in [0.15, 0.2) is 11.5 Å². The molecule has 176 valence electrons. The van der Waals surface area contributed by atoms with Crippen LogP contribution in [-0.2, 0) is 11.2 Å². The monoisotopic (exact) mass is 464 g/mol. The molecule has 1 aliphatic rings. The Labute approximate surface area is 206 Å². The second-order valence-electron chi connectivity index (χ2n) is 7.86. The lowest BCUT2D eigenvalue weighted by Gasteiger charge is -2.16. The molecule has 0 bridgehead atoms. The van der Waals surface area contributed by atoms with Crippen molar-refractivity contribution in [2.45, 2.75) is 13.3 Å². The van der Waals surface area contributed by atoms with Gasteiger partial charge in [0.2, 0.25) is 0 Å². The van der Waals surface area contributed by atoms with Crippen LogP contribution in [0.5, 0.6) is 11.5 Å². The highest BCUT2D eigenvalue weighted by molar-refractivity contribution is 6.37. The third kappa shape index (κ3) is 5.25. The van der Waals surface area contributed by atoms with Crippen LogP contribution in [0.4, 0.5) is 5.69 Å². The van der Waals surface area contributed by atoms with Crippen molar-refractivity contribution in [3.63, 3.8) is 0 Å². The molecule has 35 heavy (non-hydrogen) atoms. The summed E-state index contributed by atoms with van der Waals surface area (Å²) >= 11 is 0. The first kappa shape index (κ1) is 23.8. The summed E-state index contributed by atoms with van der Waals surface area (Å²) < 4.78 is 11.8. The molecular formula is C30H28N2O3. The van der Waals surface area contributed by atoms with Gasteiger partial charge in [-0.15, -0.1) is 6.58 Å². The van der Waals surface area contributed by atoms with Crippen LogP contribution < -0.4 is 14.5 Å². The molecule has 5 nitrogen and oxygen atoms in total. The van der Waals surface area contributed by atoms with Crippen LogP contribution in [0.2, 0.25) is 0 Å². The molecule has 0 N–H and O–H groups in total. The maximum absolute atomic E-state index is 13.6. The molecular weight excluding hydrogens is 436 g/mol. The van der Waals surface area contributed by atoms with E-state index in [0.29, 0.717) is 48.1 Å². The molecule has 0 spiro atoms. The second kappa shape index (κ2) is 11.2. The van der Waals surface area contributed by atoms with E-state index >= 15 is 0 Å². The first-order valence-electron chi connectivity index (χ1n) is 11.6. The lowest BCUT2D eigenvalue weighted by atomic mass is 9.98. The number of allylic oxidation sites excluding steroid dienone is 1. The van der Waals surface area contributed by atoms with Gasteiger partial charge < -0.3 is 9.47 Å². The zero-order valence-electron chi connectivity index (χ0n) is 19.8. The minimum Gasteiger partial charge on any atom is -0.490 e. The van der Waals surface area contributed by atoms with Gasteiger partial charge in [-0.3, -0.25) is 4.79 Å². The summed E-state index contributed by atoms with van der Waals surface area (Å²) in [6, 6.07) is 23.0. The minimum atomic E-state index is -0.190. The molecule has 0 fully saturated rings. The van der Waals surface area contributed by atoms with E-state index in [2.05, 4.69) is 13.2 Å². The normalized spacial score (nSPS) is 14.1. The minimum absolute atomic E-state index is 0.190. The maximum atomic E-state index is 13.6. The number of hydrazone groups is 1. The van der Waals surface area contributed by atoms with Crippen LogP contribution in [0.3, 0.4) is 0 Å². The predicted molar refractivity (Wildman–Crippen MR) is 142 cm³/mol. The van der Waals surface area contributed by atoms with Crippen molar-refractivity contribution in [2.75, 3.05) is 18.2 Å². The quantitative estimate of drug-likeness (QED) is 0.265. The number of ether oxygens (including phenoxy) is 2. The fourth-order valence-corrected chi connectivity index (χ4v) is 3.91. The van der Waals surface area contributed by atoms with E-state index in [1.165, 1.54) is 5.01 Å². The van der Waals surface area contributed by atoms with Crippen LogP contribution >= 0.6 is 0 Å². The Bertz CT molecular complexity index is 1280. The van der Waals surface area contributed by atoms with E-state index < -0.39 is 0 Å². The molecule has 0 unspecified atom stereocenters. The molecule has 3 aromatic carbocycles. The van der Waals surface area contributed by atoms with Gasteiger partial charge in [0.05, 0.1) is 17.9 Å². The van der Waals surface area contributed by atoms with Crippen molar-refractivity contribution in [3.05, 3.63) is 120 Å². The van der Waals surface area contributed by atoms with Crippen LogP contribution in [-0.4, -0.2) is 24.8 Å². The largest absolute Gasteiger partial charge is 0.490 e. The van der Waals surface area contributed by atoms with Gasteiger partial charge in [-0.25, -0.2) is 0 Å². The van der Waals surface area contributed by atoms with E-state index in [4.69, 9.17) is 14.6 Å². The highest BCUT2D eigenvalue weighted by atomic mass is 16.5. The van der Waals surface area contributed by atoms with Crippen molar-refractivity contribution < 1.29 is 14.3 Å². The molecule has 4 rings (SSSR count). The number of hydrogen-bond donors (Lipinski definition) is 0. The first-order chi connectivity index (χ1) is 17.2. The third-order valence-electron chi connectivity index (χ3n) is 5.40. The number of para-hydroxylation sites is 1. The number of carbonyl (C=O) groups is 1. The summed E-state index contributed by atoms with van der Waals surface area (Å²) in [5, 5.41) is 6.16. The van der Waals surface area contributed by atoms with Crippen molar-refractivity contribution in [2.24, 2.45) is 5.10 Å². The fraction of sp³-hybridized carbons (Fsp3) is 0.133. The lowest BCUT2D eigenvalue weighted by Crippen LogP contribution is -2.21. The van der Waals surface area contributed by atoms with Gasteiger partial charge >= 0.3 is 0 Å². The number of anilines is 1. The zero-order chi connectivity index (χ0) is 24.6. The van der Waals surface area contributed by atoms with E-state index in [1.807, 2.05) is 91.9 Å². The number of carbonyl (C=O) groups excluding carboxylic acids is 1. The summed E-state index contributed by atoms with van der Waals surface area (Å²) in [5.74, 6) is 1.09. The fourth-order valence-electron chi connectivity index (χ4n) is 3.91. The van der Waals surface area contributed by atoms with Gasteiger partial charge in [-0.2, -0.15) is 10.1 Å². The van der Waals surface area contributed by atoms with E-state index in [0.717, 1.165) is 16.7 Å². The smallest absolute Gasteiger partial charge is 0.281 e.